The van der Waals surface area contributed by atoms with Crippen molar-refractivity contribution in [1.29, 1.82) is 0 Å². The first-order valence-electron chi connectivity index (χ1n) is 7.36. The minimum atomic E-state index is -4.39. The fourth-order valence-corrected chi connectivity index (χ4v) is 2.83. The van der Waals surface area contributed by atoms with Crippen molar-refractivity contribution in [3.63, 3.8) is 0 Å². The molecule has 7 heteroatoms. The lowest BCUT2D eigenvalue weighted by Gasteiger charge is -2.17. The van der Waals surface area contributed by atoms with Gasteiger partial charge in [-0.1, -0.05) is 0 Å². The number of likely N-dealkylation sites (tertiary alicyclic amines) is 1. The molecule has 1 heterocycles. The van der Waals surface area contributed by atoms with Crippen LogP contribution in [0.1, 0.15) is 17.5 Å². The SMILES string of the molecule is COCCN1CC(Cc2cc(C(F)(F)F)ccc2OC)CC1=O. The van der Waals surface area contributed by atoms with Crippen molar-refractivity contribution < 1.29 is 27.4 Å². The topological polar surface area (TPSA) is 38.8 Å². The van der Waals surface area contributed by atoms with Gasteiger partial charge in [0.1, 0.15) is 5.75 Å². The molecule has 1 aromatic rings. The van der Waals surface area contributed by atoms with Crippen LogP contribution < -0.4 is 4.74 Å². The molecule has 128 valence electrons. The lowest BCUT2D eigenvalue weighted by molar-refractivity contribution is -0.137. The van der Waals surface area contributed by atoms with Gasteiger partial charge in [0.25, 0.3) is 0 Å². The minimum absolute atomic E-state index is 0.0120. The third-order valence-electron chi connectivity index (χ3n) is 3.98. The molecule has 0 spiro atoms. The molecule has 23 heavy (non-hydrogen) atoms. The molecule has 0 aliphatic carbocycles. The smallest absolute Gasteiger partial charge is 0.416 e. The van der Waals surface area contributed by atoms with Gasteiger partial charge >= 0.3 is 6.18 Å². The van der Waals surface area contributed by atoms with E-state index in [9.17, 15) is 18.0 Å². The molecule has 1 unspecified atom stereocenters. The van der Waals surface area contributed by atoms with Gasteiger partial charge in [-0.15, -0.1) is 0 Å². The molecule has 1 aliphatic rings. The minimum Gasteiger partial charge on any atom is -0.496 e. The molecule has 2 rings (SSSR count). The summed E-state index contributed by atoms with van der Waals surface area (Å²) in [5.41, 5.74) is -0.220. The maximum atomic E-state index is 12.9. The van der Waals surface area contributed by atoms with Gasteiger partial charge in [0, 0.05) is 26.6 Å². The second-order valence-corrected chi connectivity index (χ2v) is 5.63. The van der Waals surface area contributed by atoms with Crippen LogP contribution in [0.4, 0.5) is 13.2 Å². The zero-order valence-electron chi connectivity index (χ0n) is 13.2. The Bertz CT molecular complexity index is 560. The van der Waals surface area contributed by atoms with Crippen LogP contribution in [0.3, 0.4) is 0 Å². The molecule has 0 saturated carbocycles. The maximum Gasteiger partial charge on any atom is 0.416 e. The molecule has 0 bridgehead atoms. The van der Waals surface area contributed by atoms with E-state index >= 15 is 0 Å². The summed E-state index contributed by atoms with van der Waals surface area (Å²) >= 11 is 0. The number of nitrogens with zero attached hydrogens (tertiary/aromatic N) is 1. The fourth-order valence-electron chi connectivity index (χ4n) is 2.83. The number of halogens is 3. The number of ether oxygens (including phenoxy) is 2. The Morgan fingerprint density at radius 2 is 2.04 bits per heavy atom. The predicted molar refractivity (Wildman–Crippen MR) is 78.3 cm³/mol. The number of carbonyl (C=O) groups is 1. The van der Waals surface area contributed by atoms with E-state index in [1.165, 1.54) is 13.2 Å². The first-order chi connectivity index (χ1) is 10.8. The van der Waals surface area contributed by atoms with E-state index in [2.05, 4.69) is 0 Å². The zero-order chi connectivity index (χ0) is 17.0. The lowest BCUT2D eigenvalue weighted by atomic mass is 9.96. The molecule has 1 atom stereocenters. The monoisotopic (exact) mass is 331 g/mol. The third kappa shape index (κ3) is 4.37. The van der Waals surface area contributed by atoms with Crippen molar-refractivity contribution in [3.05, 3.63) is 29.3 Å². The van der Waals surface area contributed by atoms with Gasteiger partial charge in [0.05, 0.1) is 19.3 Å². The molecular formula is C16H20F3NO3. The normalized spacial score (nSPS) is 18.6. The van der Waals surface area contributed by atoms with Gasteiger partial charge < -0.3 is 14.4 Å². The van der Waals surface area contributed by atoms with Crippen molar-refractivity contribution in [1.82, 2.24) is 4.90 Å². The highest BCUT2D eigenvalue weighted by molar-refractivity contribution is 5.78. The molecule has 4 nitrogen and oxygen atoms in total. The standard InChI is InChI=1S/C16H20F3NO3/c1-22-6-5-20-10-11(8-15(20)21)7-12-9-13(16(17,18)19)3-4-14(12)23-2/h3-4,9,11H,5-8,10H2,1-2H3. The summed E-state index contributed by atoms with van der Waals surface area (Å²) < 4.78 is 48.7. The molecule has 1 aromatic carbocycles. The van der Waals surface area contributed by atoms with Crippen LogP contribution in [0.5, 0.6) is 5.75 Å². The van der Waals surface area contributed by atoms with Crippen LogP contribution in [0.2, 0.25) is 0 Å². The van der Waals surface area contributed by atoms with E-state index < -0.39 is 11.7 Å². The molecular weight excluding hydrogens is 311 g/mol. The largest absolute Gasteiger partial charge is 0.496 e. The van der Waals surface area contributed by atoms with Gasteiger partial charge in [0.15, 0.2) is 0 Å². The maximum absolute atomic E-state index is 12.9. The predicted octanol–water partition coefficient (Wildman–Crippen LogP) is 2.75. The second-order valence-electron chi connectivity index (χ2n) is 5.63. The average molecular weight is 331 g/mol. The Hall–Kier alpha value is -1.76. The van der Waals surface area contributed by atoms with E-state index in [4.69, 9.17) is 9.47 Å². The Balaban J connectivity index is 2.12. The fraction of sp³-hybridized carbons (Fsp3) is 0.562. The van der Waals surface area contributed by atoms with Gasteiger partial charge in [-0.3, -0.25) is 4.79 Å². The number of hydrogen-bond acceptors (Lipinski definition) is 3. The Morgan fingerprint density at radius 1 is 1.30 bits per heavy atom. The van der Waals surface area contributed by atoms with Crippen LogP contribution in [-0.2, 0) is 22.1 Å². The summed E-state index contributed by atoms with van der Waals surface area (Å²) in [5.74, 6) is 0.413. The highest BCUT2D eigenvalue weighted by Gasteiger charge is 2.33. The summed E-state index contributed by atoms with van der Waals surface area (Å²) in [7, 11) is 2.99. The molecule has 0 radical (unpaired) electrons. The van der Waals surface area contributed by atoms with Crippen molar-refractivity contribution in [2.45, 2.75) is 19.0 Å². The summed E-state index contributed by atoms with van der Waals surface area (Å²) in [6.45, 7) is 1.48. The second kappa shape index (κ2) is 7.21. The van der Waals surface area contributed by atoms with Gasteiger partial charge in [0.2, 0.25) is 5.91 Å². The molecule has 1 saturated heterocycles. The molecule has 1 fully saturated rings. The molecule has 0 N–H and O–H groups in total. The summed E-state index contributed by atoms with van der Waals surface area (Å²) in [5, 5.41) is 0. The van der Waals surface area contributed by atoms with E-state index in [-0.39, 0.29) is 11.8 Å². The Morgan fingerprint density at radius 3 is 2.65 bits per heavy atom. The zero-order valence-corrected chi connectivity index (χ0v) is 13.2. The van der Waals surface area contributed by atoms with Crippen molar-refractivity contribution in [2.75, 3.05) is 33.9 Å². The first kappa shape index (κ1) is 17.6. The number of rotatable bonds is 6. The molecule has 1 amide bonds. The highest BCUT2D eigenvalue weighted by Crippen LogP contribution is 2.34. The number of amides is 1. The van der Waals surface area contributed by atoms with Crippen LogP contribution in [0, 0.1) is 5.92 Å². The number of alkyl halides is 3. The van der Waals surface area contributed by atoms with Crippen LogP contribution in [-0.4, -0.2) is 44.7 Å². The van der Waals surface area contributed by atoms with Gasteiger partial charge in [-0.05, 0) is 36.1 Å². The number of hydrogen-bond donors (Lipinski definition) is 0. The van der Waals surface area contributed by atoms with E-state index in [1.807, 2.05) is 0 Å². The lowest BCUT2D eigenvalue weighted by Crippen LogP contribution is -2.28. The number of benzene rings is 1. The Kier molecular flexibility index (Phi) is 5.51. The molecule has 1 aliphatic heterocycles. The van der Waals surface area contributed by atoms with E-state index in [0.29, 0.717) is 43.9 Å². The van der Waals surface area contributed by atoms with Crippen LogP contribution >= 0.6 is 0 Å². The summed E-state index contributed by atoms with van der Waals surface area (Å²) in [6.07, 6.45) is -3.68. The molecule has 0 aromatic heterocycles. The van der Waals surface area contributed by atoms with E-state index in [1.54, 1.807) is 12.0 Å². The summed E-state index contributed by atoms with van der Waals surface area (Å²) in [6, 6.07) is 3.45. The van der Waals surface area contributed by atoms with Crippen molar-refractivity contribution in [3.8, 4) is 5.75 Å². The van der Waals surface area contributed by atoms with Crippen LogP contribution in [0.25, 0.3) is 0 Å². The summed E-state index contributed by atoms with van der Waals surface area (Å²) in [4.78, 5) is 13.6. The van der Waals surface area contributed by atoms with Gasteiger partial charge in [-0.2, -0.15) is 13.2 Å². The number of carbonyl (C=O) groups excluding carboxylic acids is 1. The third-order valence-corrected chi connectivity index (χ3v) is 3.98. The van der Waals surface area contributed by atoms with E-state index in [0.717, 1.165) is 12.1 Å². The first-order valence-corrected chi connectivity index (χ1v) is 7.36. The van der Waals surface area contributed by atoms with Crippen molar-refractivity contribution >= 4 is 5.91 Å². The van der Waals surface area contributed by atoms with Crippen molar-refractivity contribution in [2.24, 2.45) is 5.92 Å². The Labute approximate surface area is 133 Å². The average Bonchev–Trinajstić information content (AvgIpc) is 2.84. The highest BCUT2D eigenvalue weighted by atomic mass is 19.4. The van der Waals surface area contributed by atoms with Crippen LogP contribution in [0.15, 0.2) is 18.2 Å². The quantitative estimate of drug-likeness (QED) is 0.805. The number of methoxy groups -OCH3 is 2. The van der Waals surface area contributed by atoms with Gasteiger partial charge in [-0.25, -0.2) is 0 Å².